The molecule has 0 spiro atoms. The molecule has 1 amide bonds. The van der Waals surface area contributed by atoms with Crippen molar-refractivity contribution in [2.75, 3.05) is 6.54 Å². The highest BCUT2D eigenvalue weighted by atomic mass is 79.9. The molecule has 2 heterocycles. The molecule has 27 heavy (non-hydrogen) atoms. The lowest BCUT2D eigenvalue weighted by atomic mass is 9.91. The number of ether oxygens (including phenoxy) is 1. The Morgan fingerprint density at radius 1 is 1.33 bits per heavy atom. The van der Waals surface area contributed by atoms with Crippen molar-refractivity contribution < 1.29 is 19.4 Å². The second kappa shape index (κ2) is 7.46. The minimum absolute atomic E-state index is 0.158. The van der Waals surface area contributed by atoms with Gasteiger partial charge in [0.25, 0.3) is 0 Å². The van der Waals surface area contributed by atoms with E-state index in [0.717, 1.165) is 15.2 Å². The number of amides is 1. The lowest BCUT2D eigenvalue weighted by Gasteiger charge is -2.25. The number of benzene rings is 1. The molecule has 2 atom stereocenters. The van der Waals surface area contributed by atoms with Crippen LogP contribution in [0.4, 0.5) is 0 Å². The molecular weight excluding hydrogens is 412 g/mol. The first-order chi connectivity index (χ1) is 12.6. The lowest BCUT2D eigenvalue weighted by Crippen LogP contribution is -2.42. The SMILES string of the molecule is CC(C)(C)CC(=O)N1C[C@H](Oc2nccc3ccc(Br)cc23)C[C@H]1C(=O)O. The third kappa shape index (κ3) is 4.58. The number of fused-ring (bicyclic) bond motifs is 1. The van der Waals surface area contributed by atoms with E-state index in [2.05, 4.69) is 20.9 Å². The smallest absolute Gasteiger partial charge is 0.326 e. The Balaban J connectivity index is 1.82. The second-order valence-electron chi connectivity index (χ2n) is 8.09. The van der Waals surface area contributed by atoms with Gasteiger partial charge < -0.3 is 14.7 Å². The molecule has 0 radical (unpaired) electrons. The van der Waals surface area contributed by atoms with Crippen LogP contribution in [-0.4, -0.2) is 45.6 Å². The minimum atomic E-state index is -1.00. The lowest BCUT2D eigenvalue weighted by molar-refractivity contribution is -0.148. The first-order valence-electron chi connectivity index (χ1n) is 8.87. The van der Waals surface area contributed by atoms with Crippen LogP contribution in [0.15, 0.2) is 34.9 Å². The summed E-state index contributed by atoms with van der Waals surface area (Å²) in [7, 11) is 0. The Labute approximate surface area is 166 Å². The van der Waals surface area contributed by atoms with E-state index in [1.54, 1.807) is 6.20 Å². The van der Waals surface area contributed by atoms with Gasteiger partial charge in [-0.1, -0.05) is 42.8 Å². The number of carbonyl (C=O) groups is 2. The zero-order chi connectivity index (χ0) is 19.8. The fraction of sp³-hybridized carbons (Fsp3) is 0.450. The van der Waals surface area contributed by atoms with Gasteiger partial charge in [-0.25, -0.2) is 9.78 Å². The van der Waals surface area contributed by atoms with E-state index in [1.807, 2.05) is 45.0 Å². The summed E-state index contributed by atoms with van der Waals surface area (Å²) in [5, 5.41) is 11.4. The molecule has 1 N–H and O–H groups in total. The molecule has 1 aliphatic rings. The van der Waals surface area contributed by atoms with Gasteiger partial charge in [0.1, 0.15) is 12.1 Å². The Kier molecular flexibility index (Phi) is 5.42. The van der Waals surface area contributed by atoms with E-state index in [1.165, 1.54) is 4.90 Å². The first kappa shape index (κ1) is 19.6. The van der Waals surface area contributed by atoms with Crippen molar-refractivity contribution in [3.05, 3.63) is 34.9 Å². The molecule has 2 aromatic rings. The number of pyridine rings is 1. The van der Waals surface area contributed by atoms with Crippen LogP contribution in [0.2, 0.25) is 0 Å². The van der Waals surface area contributed by atoms with Crippen LogP contribution in [0, 0.1) is 5.41 Å². The van der Waals surface area contributed by atoms with Gasteiger partial charge in [-0.3, -0.25) is 4.79 Å². The standard InChI is InChI=1S/C20H23BrN2O4/c1-20(2,3)10-17(24)23-11-14(9-16(23)19(25)26)27-18-15-8-13(21)5-4-12(15)6-7-22-18/h4-8,14,16H,9-11H2,1-3H3,(H,25,26)/t14-,16+/m1/s1. The topological polar surface area (TPSA) is 79.7 Å². The number of aromatic nitrogens is 1. The molecule has 0 unspecified atom stereocenters. The number of likely N-dealkylation sites (tertiary alicyclic amines) is 1. The number of rotatable bonds is 4. The van der Waals surface area contributed by atoms with Crippen LogP contribution >= 0.6 is 15.9 Å². The van der Waals surface area contributed by atoms with Crippen LogP contribution < -0.4 is 4.74 Å². The van der Waals surface area contributed by atoms with Gasteiger partial charge in [-0.05, 0) is 29.0 Å². The number of nitrogens with zero attached hydrogens (tertiary/aromatic N) is 2. The third-order valence-corrected chi connectivity index (χ3v) is 5.01. The molecule has 1 aromatic carbocycles. The number of hydrogen-bond acceptors (Lipinski definition) is 4. The Bertz CT molecular complexity index is 878. The van der Waals surface area contributed by atoms with E-state index in [0.29, 0.717) is 12.3 Å². The molecule has 1 saturated heterocycles. The number of aliphatic carboxylic acids is 1. The van der Waals surface area contributed by atoms with E-state index in [4.69, 9.17) is 4.74 Å². The molecule has 1 aromatic heterocycles. The van der Waals surface area contributed by atoms with Crippen LogP contribution in [0.1, 0.15) is 33.6 Å². The van der Waals surface area contributed by atoms with Gasteiger partial charge in [-0.15, -0.1) is 0 Å². The van der Waals surface area contributed by atoms with Crippen molar-refractivity contribution in [1.82, 2.24) is 9.88 Å². The largest absolute Gasteiger partial charge is 0.480 e. The minimum Gasteiger partial charge on any atom is -0.480 e. The second-order valence-corrected chi connectivity index (χ2v) is 9.01. The van der Waals surface area contributed by atoms with Gasteiger partial charge in [0.05, 0.1) is 6.54 Å². The Morgan fingerprint density at radius 2 is 2.07 bits per heavy atom. The quantitative estimate of drug-likeness (QED) is 0.789. The fourth-order valence-corrected chi connectivity index (χ4v) is 3.67. The molecule has 1 fully saturated rings. The monoisotopic (exact) mass is 434 g/mol. The van der Waals surface area contributed by atoms with Crippen molar-refractivity contribution in [1.29, 1.82) is 0 Å². The maximum absolute atomic E-state index is 12.6. The average Bonchev–Trinajstić information content (AvgIpc) is 2.98. The van der Waals surface area contributed by atoms with Gasteiger partial charge in [-0.2, -0.15) is 0 Å². The molecule has 0 aliphatic carbocycles. The molecule has 0 bridgehead atoms. The summed E-state index contributed by atoms with van der Waals surface area (Å²) in [6.07, 6.45) is 1.80. The summed E-state index contributed by atoms with van der Waals surface area (Å²) in [6, 6.07) is 6.84. The zero-order valence-electron chi connectivity index (χ0n) is 15.6. The molecule has 144 valence electrons. The highest BCUT2D eigenvalue weighted by molar-refractivity contribution is 9.10. The summed E-state index contributed by atoms with van der Waals surface area (Å²) in [5.41, 5.74) is -0.206. The summed E-state index contributed by atoms with van der Waals surface area (Å²) >= 11 is 3.45. The van der Waals surface area contributed by atoms with Crippen LogP contribution in [0.5, 0.6) is 5.88 Å². The highest BCUT2D eigenvalue weighted by Crippen LogP contribution is 2.31. The Morgan fingerprint density at radius 3 is 2.74 bits per heavy atom. The van der Waals surface area contributed by atoms with Crippen molar-refractivity contribution in [2.24, 2.45) is 5.41 Å². The maximum atomic E-state index is 12.6. The summed E-state index contributed by atoms with van der Waals surface area (Å²) in [5.74, 6) is -0.709. The molecule has 1 aliphatic heterocycles. The van der Waals surface area contributed by atoms with E-state index < -0.39 is 18.1 Å². The zero-order valence-corrected chi connectivity index (χ0v) is 17.2. The summed E-state index contributed by atoms with van der Waals surface area (Å²) in [6.45, 7) is 6.13. The number of halogens is 1. The average molecular weight is 435 g/mol. The fourth-order valence-electron chi connectivity index (χ4n) is 3.31. The summed E-state index contributed by atoms with van der Waals surface area (Å²) < 4.78 is 6.95. The van der Waals surface area contributed by atoms with Crippen LogP contribution in [0.3, 0.4) is 0 Å². The number of carboxylic acid groups (broad SMARTS) is 1. The van der Waals surface area contributed by atoms with Crippen molar-refractivity contribution in [3.63, 3.8) is 0 Å². The van der Waals surface area contributed by atoms with Crippen LogP contribution in [0.25, 0.3) is 10.8 Å². The van der Waals surface area contributed by atoms with Crippen molar-refractivity contribution in [3.8, 4) is 5.88 Å². The predicted molar refractivity (Wildman–Crippen MR) is 106 cm³/mol. The summed E-state index contributed by atoms with van der Waals surface area (Å²) in [4.78, 5) is 30.0. The third-order valence-electron chi connectivity index (χ3n) is 4.52. The van der Waals surface area contributed by atoms with Crippen molar-refractivity contribution >= 4 is 38.6 Å². The molecule has 3 rings (SSSR count). The number of carboxylic acids is 1. The van der Waals surface area contributed by atoms with E-state index >= 15 is 0 Å². The number of hydrogen-bond donors (Lipinski definition) is 1. The molecular formula is C20H23BrN2O4. The van der Waals surface area contributed by atoms with Gasteiger partial charge >= 0.3 is 5.97 Å². The van der Waals surface area contributed by atoms with E-state index in [9.17, 15) is 14.7 Å². The van der Waals surface area contributed by atoms with Crippen molar-refractivity contribution in [2.45, 2.75) is 45.8 Å². The molecule has 6 nitrogen and oxygen atoms in total. The highest BCUT2D eigenvalue weighted by Gasteiger charge is 2.41. The predicted octanol–water partition coefficient (Wildman–Crippen LogP) is 3.87. The van der Waals surface area contributed by atoms with E-state index in [-0.39, 0.29) is 24.3 Å². The van der Waals surface area contributed by atoms with Gasteiger partial charge in [0.15, 0.2) is 0 Å². The molecule has 7 heteroatoms. The first-order valence-corrected chi connectivity index (χ1v) is 9.66. The van der Waals surface area contributed by atoms with Crippen LogP contribution in [-0.2, 0) is 9.59 Å². The van der Waals surface area contributed by atoms with Gasteiger partial charge in [0, 0.05) is 28.9 Å². The van der Waals surface area contributed by atoms with Gasteiger partial charge in [0.2, 0.25) is 11.8 Å². The number of carbonyl (C=O) groups excluding carboxylic acids is 1. The maximum Gasteiger partial charge on any atom is 0.326 e. The Hall–Kier alpha value is -2.15. The normalized spacial score (nSPS) is 20.1. The molecule has 0 saturated carbocycles.